The van der Waals surface area contributed by atoms with Crippen LogP contribution < -0.4 is 5.32 Å². The van der Waals surface area contributed by atoms with Crippen LogP contribution in [0.4, 0.5) is 5.69 Å². The molecule has 0 atom stereocenters. The van der Waals surface area contributed by atoms with Crippen molar-refractivity contribution in [2.75, 3.05) is 18.2 Å². The van der Waals surface area contributed by atoms with E-state index >= 15 is 0 Å². The van der Waals surface area contributed by atoms with Crippen molar-refractivity contribution < 1.29 is 0 Å². The van der Waals surface area contributed by atoms with Crippen molar-refractivity contribution in [1.82, 2.24) is 9.55 Å². The highest BCUT2D eigenvalue weighted by atomic mass is 35.5. The van der Waals surface area contributed by atoms with Crippen LogP contribution in [-0.4, -0.2) is 22.5 Å². The molecule has 23 heavy (non-hydrogen) atoms. The second kappa shape index (κ2) is 6.81. The van der Waals surface area contributed by atoms with Crippen molar-refractivity contribution in [2.24, 2.45) is 0 Å². The predicted molar refractivity (Wildman–Crippen MR) is 99.4 cm³/mol. The zero-order chi connectivity index (χ0) is 16.4. The normalized spacial score (nSPS) is 11.1. The van der Waals surface area contributed by atoms with Gasteiger partial charge in [-0.3, -0.25) is 4.57 Å². The van der Waals surface area contributed by atoms with Crippen LogP contribution in [0.15, 0.2) is 36.4 Å². The number of fused-ring (bicyclic) bond motifs is 1. The molecule has 120 valence electrons. The number of aromatic nitrogens is 2. The lowest BCUT2D eigenvalue weighted by atomic mass is 10.1. The molecule has 0 fully saturated rings. The van der Waals surface area contributed by atoms with Crippen LogP contribution in [0.2, 0.25) is 5.02 Å². The third kappa shape index (κ3) is 3.04. The summed E-state index contributed by atoms with van der Waals surface area (Å²) < 4.78 is 2.17. The van der Waals surface area contributed by atoms with Gasteiger partial charge in [-0.1, -0.05) is 30.7 Å². The zero-order valence-electron chi connectivity index (χ0n) is 13.2. The largest absolute Gasteiger partial charge is 0.387 e. The summed E-state index contributed by atoms with van der Waals surface area (Å²) in [7, 11) is 1.86. The Kier molecular flexibility index (Phi) is 4.79. The summed E-state index contributed by atoms with van der Waals surface area (Å²) in [6.45, 7) is 2.11. The van der Waals surface area contributed by atoms with E-state index in [1.165, 1.54) is 5.56 Å². The smallest absolute Gasteiger partial charge is 0.114 e. The van der Waals surface area contributed by atoms with Gasteiger partial charge in [0.15, 0.2) is 0 Å². The van der Waals surface area contributed by atoms with Crippen LogP contribution in [0.25, 0.3) is 16.7 Å². The zero-order valence-corrected chi connectivity index (χ0v) is 14.7. The summed E-state index contributed by atoms with van der Waals surface area (Å²) in [4.78, 5) is 4.76. The first kappa shape index (κ1) is 16.2. The summed E-state index contributed by atoms with van der Waals surface area (Å²) in [5.74, 6) is 1.66. The molecular formula is C18H19Cl2N3. The third-order valence-corrected chi connectivity index (χ3v) is 4.48. The summed E-state index contributed by atoms with van der Waals surface area (Å²) in [6.07, 6.45) is 1.73. The monoisotopic (exact) mass is 347 g/mol. The van der Waals surface area contributed by atoms with Crippen LogP contribution in [0.1, 0.15) is 18.3 Å². The second-order valence-electron chi connectivity index (χ2n) is 5.39. The van der Waals surface area contributed by atoms with E-state index in [2.05, 4.69) is 41.1 Å². The number of imidazole rings is 1. The van der Waals surface area contributed by atoms with Crippen molar-refractivity contribution in [3.8, 4) is 5.69 Å². The fourth-order valence-electron chi connectivity index (χ4n) is 2.79. The Labute approximate surface area is 146 Å². The summed E-state index contributed by atoms with van der Waals surface area (Å²) in [5.41, 5.74) is 5.19. The molecule has 2 aromatic carbocycles. The molecule has 3 rings (SSSR count). The first-order valence-corrected chi connectivity index (χ1v) is 8.63. The Morgan fingerprint density at radius 3 is 2.52 bits per heavy atom. The van der Waals surface area contributed by atoms with E-state index in [1.807, 2.05) is 19.2 Å². The molecule has 1 heterocycles. The number of hydrogen-bond acceptors (Lipinski definition) is 2. The van der Waals surface area contributed by atoms with Crippen LogP contribution in [-0.2, 0) is 12.8 Å². The summed E-state index contributed by atoms with van der Waals surface area (Å²) >= 11 is 12.2. The van der Waals surface area contributed by atoms with Gasteiger partial charge in [0.05, 0.1) is 21.7 Å². The number of nitrogens with one attached hydrogen (secondary N) is 1. The maximum atomic E-state index is 6.36. The lowest BCUT2D eigenvalue weighted by molar-refractivity contribution is 0.907. The summed E-state index contributed by atoms with van der Waals surface area (Å²) in [5, 5.41) is 3.80. The highest BCUT2D eigenvalue weighted by Crippen LogP contribution is 2.30. The van der Waals surface area contributed by atoms with Gasteiger partial charge >= 0.3 is 0 Å². The quantitative estimate of drug-likeness (QED) is 0.653. The fraction of sp³-hybridized carbons (Fsp3) is 0.278. The minimum atomic E-state index is 0.635. The molecule has 3 nitrogen and oxygen atoms in total. The lowest BCUT2D eigenvalue weighted by Crippen LogP contribution is -2.00. The molecular weight excluding hydrogens is 329 g/mol. The van der Waals surface area contributed by atoms with E-state index < -0.39 is 0 Å². The van der Waals surface area contributed by atoms with E-state index in [1.54, 1.807) is 0 Å². The number of benzene rings is 2. The van der Waals surface area contributed by atoms with Crippen LogP contribution in [0.5, 0.6) is 0 Å². The van der Waals surface area contributed by atoms with Gasteiger partial charge in [-0.05, 0) is 36.2 Å². The van der Waals surface area contributed by atoms with E-state index in [4.69, 9.17) is 28.2 Å². The van der Waals surface area contributed by atoms with Gasteiger partial charge in [0, 0.05) is 25.0 Å². The molecule has 0 spiro atoms. The molecule has 0 saturated carbocycles. The number of alkyl halides is 1. The standard InChI is InChI=1S/C18H19Cl2N3/c1-3-18-22-16-11-15(21-2)14(20)10-17(16)23(18)13-6-4-12(5-7-13)8-9-19/h4-7,10-11,21H,3,8-9H2,1-2H3. The van der Waals surface area contributed by atoms with Gasteiger partial charge in [0.1, 0.15) is 5.82 Å². The maximum Gasteiger partial charge on any atom is 0.114 e. The molecule has 0 unspecified atom stereocenters. The van der Waals surface area contributed by atoms with Crippen molar-refractivity contribution in [1.29, 1.82) is 0 Å². The molecule has 1 N–H and O–H groups in total. The lowest BCUT2D eigenvalue weighted by Gasteiger charge is -2.10. The Balaban J connectivity index is 2.16. The van der Waals surface area contributed by atoms with E-state index in [0.29, 0.717) is 10.9 Å². The Bertz CT molecular complexity index is 822. The number of nitrogens with zero attached hydrogens (tertiary/aromatic N) is 2. The molecule has 0 aliphatic carbocycles. The maximum absolute atomic E-state index is 6.36. The Hall–Kier alpha value is -1.71. The number of anilines is 1. The van der Waals surface area contributed by atoms with Crippen molar-refractivity contribution >= 4 is 39.9 Å². The number of aryl methyl sites for hydroxylation is 2. The first-order chi connectivity index (χ1) is 11.2. The number of hydrogen-bond donors (Lipinski definition) is 1. The molecule has 0 amide bonds. The third-order valence-electron chi connectivity index (χ3n) is 3.98. The van der Waals surface area contributed by atoms with Crippen LogP contribution >= 0.6 is 23.2 Å². The van der Waals surface area contributed by atoms with E-state index in [0.717, 1.165) is 41.1 Å². The van der Waals surface area contributed by atoms with Gasteiger partial charge in [0.25, 0.3) is 0 Å². The molecule has 5 heteroatoms. The average molecular weight is 348 g/mol. The molecule has 0 aliphatic heterocycles. The average Bonchev–Trinajstić information content (AvgIpc) is 2.92. The van der Waals surface area contributed by atoms with Gasteiger partial charge in [-0.25, -0.2) is 4.98 Å². The minimum absolute atomic E-state index is 0.635. The summed E-state index contributed by atoms with van der Waals surface area (Å²) in [6, 6.07) is 12.4. The van der Waals surface area contributed by atoms with Crippen molar-refractivity contribution in [3.05, 3.63) is 52.8 Å². The van der Waals surface area contributed by atoms with Gasteiger partial charge < -0.3 is 5.32 Å². The van der Waals surface area contributed by atoms with Gasteiger partial charge in [-0.2, -0.15) is 0 Å². The van der Waals surface area contributed by atoms with Crippen LogP contribution in [0.3, 0.4) is 0 Å². The van der Waals surface area contributed by atoms with E-state index in [9.17, 15) is 0 Å². The highest BCUT2D eigenvalue weighted by molar-refractivity contribution is 6.34. The highest BCUT2D eigenvalue weighted by Gasteiger charge is 2.13. The van der Waals surface area contributed by atoms with Crippen LogP contribution in [0, 0.1) is 0 Å². The Morgan fingerprint density at radius 1 is 1.17 bits per heavy atom. The predicted octanol–water partition coefficient (Wildman–Crippen LogP) is 5.06. The fourth-order valence-corrected chi connectivity index (χ4v) is 3.26. The minimum Gasteiger partial charge on any atom is -0.387 e. The first-order valence-electron chi connectivity index (χ1n) is 7.71. The molecule has 0 bridgehead atoms. The van der Waals surface area contributed by atoms with Crippen molar-refractivity contribution in [2.45, 2.75) is 19.8 Å². The van der Waals surface area contributed by atoms with Gasteiger partial charge in [0.2, 0.25) is 0 Å². The molecule has 3 aromatic rings. The van der Waals surface area contributed by atoms with Crippen molar-refractivity contribution in [3.63, 3.8) is 0 Å². The molecule has 0 radical (unpaired) electrons. The molecule has 0 saturated heterocycles. The SMILES string of the molecule is CCc1nc2cc(NC)c(Cl)cc2n1-c1ccc(CCCl)cc1. The second-order valence-corrected chi connectivity index (χ2v) is 6.18. The number of halogens is 2. The number of rotatable bonds is 5. The van der Waals surface area contributed by atoms with E-state index in [-0.39, 0.29) is 0 Å². The Morgan fingerprint density at radius 2 is 1.91 bits per heavy atom. The topological polar surface area (TPSA) is 29.9 Å². The molecule has 0 aliphatic rings. The van der Waals surface area contributed by atoms with Gasteiger partial charge in [-0.15, -0.1) is 11.6 Å². The molecule has 1 aromatic heterocycles.